The fourth-order valence-corrected chi connectivity index (χ4v) is 1.40. The highest BCUT2D eigenvalue weighted by atomic mass is 19.2. The van der Waals surface area contributed by atoms with E-state index in [4.69, 9.17) is 4.74 Å². The first-order valence-electron chi connectivity index (χ1n) is 5.20. The Morgan fingerprint density at radius 1 is 0.944 bits per heavy atom. The average molecular weight is 269 g/mol. The maximum absolute atomic E-state index is 13.3. The number of ether oxygens (including phenoxy) is 1. The van der Waals surface area contributed by atoms with Crippen molar-refractivity contribution in [2.75, 3.05) is 19.0 Å². The number of benzene rings is 1. The number of hydrogen-bond acceptors (Lipinski definition) is 2. The van der Waals surface area contributed by atoms with Gasteiger partial charge < -0.3 is 10.1 Å². The summed E-state index contributed by atoms with van der Waals surface area (Å²) >= 11 is 0. The van der Waals surface area contributed by atoms with Crippen LogP contribution in [0.3, 0.4) is 0 Å². The summed E-state index contributed by atoms with van der Waals surface area (Å²) in [4.78, 5) is 0. The normalized spacial score (nSPS) is 12.6. The SMILES string of the molecule is CCC(COC)Nc1c(F)c(F)c(F)c(F)c1F. The fourth-order valence-electron chi connectivity index (χ4n) is 1.40. The Hall–Kier alpha value is -1.37. The van der Waals surface area contributed by atoms with Crippen LogP contribution >= 0.6 is 0 Å². The first-order chi connectivity index (χ1) is 8.43. The van der Waals surface area contributed by atoms with Crippen LogP contribution in [-0.2, 0) is 4.74 Å². The zero-order chi connectivity index (χ0) is 13.9. The third-order valence-corrected chi connectivity index (χ3v) is 2.42. The number of anilines is 1. The largest absolute Gasteiger partial charge is 0.383 e. The van der Waals surface area contributed by atoms with Crippen molar-refractivity contribution in [2.45, 2.75) is 19.4 Å². The van der Waals surface area contributed by atoms with Crippen LogP contribution < -0.4 is 5.32 Å². The molecule has 1 aromatic carbocycles. The second-order valence-corrected chi connectivity index (χ2v) is 3.65. The Morgan fingerprint density at radius 2 is 1.39 bits per heavy atom. The molecule has 0 heterocycles. The molecule has 0 bridgehead atoms. The summed E-state index contributed by atoms with van der Waals surface area (Å²) in [6.07, 6.45) is 0.396. The molecule has 0 aliphatic carbocycles. The van der Waals surface area contributed by atoms with Crippen molar-refractivity contribution in [1.29, 1.82) is 0 Å². The summed E-state index contributed by atoms with van der Waals surface area (Å²) in [5, 5.41) is 2.25. The van der Waals surface area contributed by atoms with E-state index in [9.17, 15) is 22.0 Å². The Labute approximate surface area is 101 Å². The van der Waals surface area contributed by atoms with Gasteiger partial charge in [0.25, 0.3) is 0 Å². The molecule has 7 heteroatoms. The zero-order valence-electron chi connectivity index (χ0n) is 9.79. The minimum atomic E-state index is -2.17. The molecule has 0 radical (unpaired) electrons. The summed E-state index contributed by atoms with van der Waals surface area (Å²) in [7, 11) is 1.36. The molecule has 0 aromatic heterocycles. The van der Waals surface area contributed by atoms with Crippen LogP contribution in [0.15, 0.2) is 0 Å². The highest BCUT2D eigenvalue weighted by Crippen LogP contribution is 2.27. The molecule has 102 valence electrons. The summed E-state index contributed by atoms with van der Waals surface area (Å²) in [5.74, 6) is -9.86. The maximum atomic E-state index is 13.3. The molecule has 0 saturated heterocycles. The van der Waals surface area contributed by atoms with E-state index >= 15 is 0 Å². The van der Waals surface area contributed by atoms with Gasteiger partial charge >= 0.3 is 0 Å². The molecule has 1 rings (SSSR count). The van der Waals surface area contributed by atoms with E-state index in [1.165, 1.54) is 7.11 Å². The molecule has 0 fully saturated rings. The molecule has 0 spiro atoms. The monoisotopic (exact) mass is 269 g/mol. The Kier molecular flexibility index (Phi) is 4.89. The van der Waals surface area contributed by atoms with Crippen LogP contribution in [0.25, 0.3) is 0 Å². The maximum Gasteiger partial charge on any atom is 0.200 e. The van der Waals surface area contributed by atoms with E-state index in [2.05, 4.69) is 5.32 Å². The quantitative estimate of drug-likeness (QED) is 0.503. The van der Waals surface area contributed by atoms with E-state index in [0.29, 0.717) is 6.42 Å². The van der Waals surface area contributed by atoms with E-state index in [0.717, 1.165) is 0 Å². The number of rotatable bonds is 5. The highest BCUT2D eigenvalue weighted by Gasteiger charge is 2.26. The summed E-state index contributed by atoms with van der Waals surface area (Å²) in [5.41, 5.74) is -1.03. The smallest absolute Gasteiger partial charge is 0.200 e. The van der Waals surface area contributed by atoms with Crippen molar-refractivity contribution < 1.29 is 26.7 Å². The van der Waals surface area contributed by atoms with Crippen LogP contribution in [0.5, 0.6) is 0 Å². The average Bonchev–Trinajstić information content (AvgIpc) is 2.37. The van der Waals surface area contributed by atoms with Gasteiger partial charge in [-0.3, -0.25) is 0 Å². The van der Waals surface area contributed by atoms with E-state index in [1.807, 2.05) is 0 Å². The molecule has 0 aliphatic rings. The summed E-state index contributed by atoms with van der Waals surface area (Å²) in [6, 6.07) is -0.553. The van der Waals surface area contributed by atoms with Gasteiger partial charge in [0.1, 0.15) is 5.69 Å². The second kappa shape index (κ2) is 5.99. The van der Waals surface area contributed by atoms with Crippen molar-refractivity contribution in [3.8, 4) is 0 Å². The minimum absolute atomic E-state index is 0.0794. The molecule has 18 heavy (non-hydrogen) atoms. The van der Waals surface area contributed by atoms with Gasteiger partial charge in [-0.1, -0.05) is 6.92 Å². The second-order valence-electron chi connectivity index (χ2n) is 3.65. The Morgan fingerprint density at radius 3 is 1.78 bits per heavy atom. The predicted octanol–water partition coefficient (Wildman–Crippen LogP) is 3.22. The van der Waals surface area contributed by atoms with Crippen LogP contribution in [0.2, 0.25) is 0 Å². The van der Waals surface area contributed by atoms with Crippen LogP contribution in [-0.4, -0.2) is 19.8 Å². The Balaban J connectivity index is 3.16. The molecule has 0 amide bonds. The van der Waals surface area contributed by atoms with Crippen LogP contribution in [0.4, 0.5) is 27.6 Å². The lowest BCUT2D eigenvalue weighted by Crippen LogP contribution is -2.26. The van der Waals surface area contributed by atoms with Gasteiger partial charge in [-0.2, -0.15) is 0 Å². The van der Waals surface area contributed by atoms with Gasteiger partial charge in [-0.15, -0.1) is 0 Å². The minimum Gasteiger partial charge on any atom is -0.383 e. The molecule has 1 aromatic rings. The van der Waals surface area contributed by atoms with Gasteiger partial charge in [0.05, 0.1) is 6.61 Å². The lowest BCUT2D eigenvalue weighted by atomic mass is 10.2. The van der Waals surface area contributed by atoms with Crippen molar-refractivity contribution in [2.24, 2.45) is 0 Å². The lowest BCUT2D eigenvalue weighted by Gasteiger charge is -2.18. The molecule has 2 nitrogen and oxygen atoms in total. The topological polar surface area (TPSA) is 21.3 Å². The van der Waals surface area contributed by atoms with E-state index in [1.54, 1.807) is 6.92 Å². The molecule has 1 atom stereocenters. The Bertz CT molecular complexity index is 409. The van der Waals surface area contributed by atoms with Crippen molar-refractivity contribution in [1.82, 2.24) is 0 Å². The van der Waals surface area contributed by atoms with Gasteiger partial charge in [-0.05, 0) is 6.42 Å². The van der Waals surface area contributed by atoms with Crippen LogP contribution in [0.1, 0.15) is 13.3 Å². The van der Waals surface area contributed by atoms with Crippen LogP contribution in [0, 0.1) is 29.1 Å². The van der Waals surface area contributed by atoms with Crippen molar-refractivity contribution >= 4 is 5.69 Å². The molecule has 1 unspecified atom stereocenters. The van der Waals surface area contributed by atoms with Gasteiger partial charge in [0, 0.05) is 13.2 Å². The zero-order valence-corrected chi connectivity index (χ0v) is 9.79. The predicted molar refractivity (Wildman–Crippen MR) is 55.8 cm³/mol. The number of halogens is 5. The molecule has 0 aliphatic heterocycles. The molecular formula is C11H12F5NO. The third-order valence-electron chi connectivity index (χ3n) is 2.42. The lowest BCUT2D eigenvalue weighted by molar-refractivity contribution is 0.184. The summed E-state index contributed by atoms with van der Waals surface area (Å²) < 4.78 is 70.0. The van der Waals surface area contributed by atoms with Crippen molar-refractivity contribution in [3.05, 3.63) is 29.1 Å². The first kappa shape index (κ1) is 14.7. The van der Waals surface area contributed by atoms with Gasteiger partial charge in [-0.25, -0.2) is 22.0 Å². The number of nitrogens with one attached hydrogen (secondary N) is 1. The first-order valence-corrected chi connectivity index (χ1v) is 5.20. The molecular weight excluding hydrogens is 257 g/mol. The third kappa shape index (κ3) is 2.72. The van der Waals surface area contributed by atoms with Gasteiger partial charge in [0.15, 0.2) is 23.3 Å². The van der Waals surface area contributed by atoms with Crippen molar-refractivity contribution in [3.63, 3.8) is 0 Å². The van der Waals surface area contributed by atoms with E-state index < -0.39 is 40.8 Å². The van der Waals surface area contributed by atoms with Gasteiger partial charge in [0.2, 0.25) is 5.82 Å². The van der Waals surface area contributed by atoms with E-state index in [-0.39, 0.29) is 6.61 Å². The highest BCUT2D eigenvalue weighted by molar-refractivity contribution is 5.48. The molecule has 0 saturated carbocycles. The summed E-state index contributed by atoms with van der Waals surface area (Å²) in [6.45, 7) is 1.76. The fraction of sp³-hybridized carbons (Fsp3) is 0.455. The standard InChI is InChI=1S/C11H12F5NO/c1-3-5(4-18-2)17-11-9(15)7(13)6(12)8(14)10(11)16/h5,17H,3-4H2,1-2H3. The number of methoxy groups -OCH3 is 1. The number of hydrogen-bond donors (Lipinski definition) is 1. The molecule has 1 N–H and O–H groups in total.